The lowest BCUT2D eigenvalue weighted by Gasteiger charge is -2.07. The molecular formula is C10H9BrN4. The van der Waals surface area contributed by atoms with E-state index in [1.165, 1.54) is 0 Å². The lowest BCUT2D eigenvalue weighted by molar-refractivity contribution is 1.17. The molecule has 0 aliphatic heterocycles. The quantitative estimate of drug-likeness (QED) is 0.875. The van der Waals surface area contributed by atoms with Crippen LogP contribution >= 0.6 is 15.9 Å². The molecule has 76 valence electrons. The average molecular weight is 265 g/mol. The normalized spacial score (nSPS) is 9.93. The molecule has 5 heteroatoms. The minimum Gasteiger partial charge on any atom is -0.381 e. The van der Waals surface area contributed by atoms with Crippen LogP contribution in [0.1, 0.15) is 0 Å². The van der Waals surface area contributed by atoms with Crippen molar-refractivity contribution in [2.24, 2.45) is 0 Å². The van der Waals surface area contributed by atoms with Crippen LogP contribution in [0.5, 0.6) is 0 Å². The van der Waals surface area contributed by atoms with Crippen molar-refractivity contribution in [3.05, 3.63) is 41.1 Å². The molecule has 0 spiro atoms. The number of hydrogen-bond donors (Lipinski definition) is 2. The predicted molar refractivity (Wildman–Crippen MR) is 63.9 cm³/mol. The van der Waals surface area contributed by atoms with Gasteiger partial charge < -0.3 is 11.1 Å². The third-order valence-corrected chi connectivity index (χ3v) is 2.19. The molecule has 0 fully saturated rings. The second-order valence-electron chi connectivity index (χ2n) is 2.92. The van der Waals surface area contributed by atoms with Gasteiger partial charge in [-0.1, -0.05) is 18.2 Å². The first-order valence-corrected chi connectivity index (χ1v) is 5.15. The summed E-state index contributed by atoms with van der Waals surface area (Å²) in [6.07, 6.45) is 1.56. The summed E-state index contributed by atoms with van der Waals surface area (Å²) in [6.45, 7) is 0. The van der Waals surface area contributed by atoms with Gasteiger partial charge in [0.05, 0.1) is 6.20 Å². The van der Waals surface area contributed by atoms with Gasteiger partial charge in [-0.05, 0) is 28.1 Å². The van der Waals surface area contributed by atoms with Crippen LogP contribution in [0.15, 0.2) is 41.1 Å². The Balaban J connectivity index is 2.28. The third-order valence-electron chi connectivity index (χ3n) is 1.81. The predicted octanol–water partition coefficient (Wildman–Crippen LogP) is 2.56. The van der Waals surface area contributed by atoms with Crippen LogP contribution in [0, 0.1) is 0 Å². The first kappa shape index (κ1) is 9.92. The summed E-state index contributed by atoms with van der Waals surface area (Å²) in [5, 5.41) is 3.08. The monoisotopic (exact) mass is 264 g/mol. The Labute approximate surface area is 95.7 Å². The Bertz CT molecular complexity index is 458. The van der Waals surface area contributed by atoms with E-state index in [-0.39, 0.29) is 0 Å². The molecule has 0 bridgehead atoms. The minimum atomic E-state index is 0.377. The maximum Gasteiger partial charge on any atom is 0.174 e. The highest BCUT2D eigenvalue weighted by Crippen LogP contribution is 2.20. The minimum absolute atomic E-state index is 0.377. The number of para-hydroxylation sites is 1. The van der Waals surface area contributed by atoms with Crippen LogP contribution < -0.4 is 11.1 Å². The summed E-state index contributed by atoms with van der Waals surface area (Å²) in [6, 6.07) is 9.68. The number of nitrogens with zero attached hydrogens (tertiary/aromatic N) is 2. The maximum absolute atomic E-state index is 5.68. The lowest BCUT2D eigenvalue weighted by atomic mass is 10.3. The van der Waals surface area contributed by atoms with Crippen molar-refractivity contribution in [1.82, 2.24) is 9.97 Å². The van der Waals surface area contributed by atoms with Crippen LogP contribution in [0.4, 0.5) is 17.3 Å². The van der Waals surface area contributed by atoms with Crippen molar-refractivity contribution in [2.75, 3.05) is 11.1 Å². The molecule has 2 rings (SSSR count). The number of halogens is 1. The van der Waals surface area contributed by atoms with E-state index >= 15 is 0 Å². The maximum atomic E-state index is 5.68. The van der Waals surface area contributed by atoms with E-state index in [0.29, 0.717) is 16.2 Å². The zero-order valence-electron chi connectivity index (χ0n) is 7.81. The van der Waals surface area contributed by atoms with Gasteiger partial charge in [0.2, 0.25) is 0 Å². The second-order valence-corrected chi connectivity index (χ2v) is 3.73. The first-order valence-electron chi connectivity index (χ1n) is 4.36. The molecule has 4 nitrogen and oxygen atoms in total. The van der Waals surface area contributed by atoms with Crippen molar-refractivity contribution >= 4 is 33.3 Å². The highest BCUT2D eigenvalue weighted by molar-refractivity contribution is 9.10. The number of anilines is 3. The van der Waals surface area contributed by atoms with E-state index < -0.39 is 0 Å². The molecule has 1 heterocycles. The van der Waals surface area contributed by atoms with Gasteiger partial charge in [-0.25, -0.2) is 9.97 Å². The van der Waals surface area contributed by atoms with Crippen molar-refractivity contribution in [3.63, 3.8) is 0 Å². The number of nitrogen functional groups attached to an aromatic ring is 1. The third kappa shape index (κ3) is 2.44. The molecule has 0 unspecified atom stereocenters. The molecule has 0 amide bonds. The van der Waals surface area contributed by atoms with E-state index in [1.54, 1.807) is 6.20 Å². The average Bonchev–Trinajstić information content (AvgIpc) is 2.25. The smallest absolute Gasteiger partial charge is 0.174 e. The molecule has 0 atom stereocenters. The molecule has 2 aromatic rings. The van der Waals surface area contributed by atoms with Crippen LogP contribution in [-0.4, -0.2) is 9.97 Å². The van der Waals surface area contributed by atoms with Gasteiger partial charge in [-0.3, -0.25) is 0 Å². The molecule has 0 saturated heterocycles. The van der Waals surface area contributed by atoms with Crippen LogP contribution in [-0.2, 0) is 0 Å². The van der Waals surface area contributed by atoms with Gasteiger partial charge >= 0.3 is 0 Å². The molecule has 1 aromatic carbocycles. The summed E-state index contributed by atoms with van der Waals surface area (Å²) >= 11 is 3.24. The highest BCUT2D eigenvalue weighted by Gasteiger charge is 2.02. The molecular weight excluding hydrogens is 256 g/mol. The molecule has 15 heavy (non-hydrogen) atoms. The Morgan fingerprint density at radius 1 is 1.20 bits per heavy atom. The number of benzene rings is 1. The Kier molecular flexibility index (Phi) is 2.82. The van der Waals surface area contributed by atoms with E-state index in [4.69, 9.17) is 5.73 Å². The first-order chi connectivity index (χ1) is 7.25. The molecule has 0 radical (unpaired) electrons. The van der Waals surface area contributed by atoms with Crippen molar-refractivity contribution < 1.29 is 0 Å². The summed E-state index contributed by atoms with van der Waals surface area (Å²) in [5.74, 6) is 0.928. The summed E-state index contributed by atoms with van der Waals surface area (Å²) < 4.78 is 0.648. The van der Waals surface area contributed by atoms with Crippen LogP contribution in [0.3, 0.4) is 0 Å². The number of nitrogens with one attached hydrogen (secondary N) is 1. The van der Waals surface area contributed by atoms with E-state index in [9.17, 15) is 0 Å². The van der Waals surface area contributed by atoms with Crippen molar-refractivity contribution in [2.45, 2.75) is 0 Å². The number of aromatic nitrogens is 2. The lowest BCUT2D eigenvalue weighted by Crippen LogP contribution is -2.01. The zero-order chi connectivity index (χ0) is 10.7. The van der Waals surface area contributed by atoms with Crippen molar-refractivity contribution in [1.29, 1.82) is 0 Å². The molecule has 0 aliphatic carbocycles. The fourth-order valence-corrected chi connectivity index (χ4v) is 1.41. The van der Waals surface area contributed by atoms with Gasteiger partial charge in [0.1, 0.15) is 4.60 Å². The number of nitrogens with two attached hydrogens (primary N) is 1. The van der Waals surface area contributed by atoms with Gasteiger partial charge in [-0.2, -0.15) is 0 Å². The largest absolute Gasteiger partial charge is 0.381 e. The Hall–Kier alpha value is -1.62. The molecule has 1 aromatic heterocycles. The van der Waals surface area contributed by atoms with Gasteiger partial charge in [-0.15, -0.1) is 0 Å². The van der Waals surface area contributed by atoms with E-state index in [0.717, 1.165) is 5.69 Å². The summed E-state index contributed by atoms with van der Waals surface area (Å²) in [4.78, 5) is 8.17. The standard InChI is InChI=1S/C10H9BrN4/c11-8-6-13-9(12)10(15-8)14-7-4-2-1-3-5-7/h1-6H,(H2,12,13)(H,14,15). The molecule has 0 aliphatic rings. The SMILES string of the molecule is Nc1ncc(Br)nc1Nc1ccccc1. The van der Waals surface area contributed by atoms with Crippen molar-refractivity contribution in [3.8, 4) is 0 Å². The number of hydrogen-bond acceptors (Lipinski definition) is 4. The summed E-state index contributed by atoms with van der Waals surface area (Å²) in [5.41, 5.74) is 6.61. The van der Waals surface area contributed by atoms with Gasteiger partial charge in [0.15, 0.2) is 11.6 Å². The van der Waals surface area contributed by atoms with Crippen LogP contribution in [0.2, 0.25) is 0 Å². The Morgan fingerprint density at radius 2 is 1.93 bits per heavy atom. The van der Waals surface area contributed by atoms with E-state index in [2.05, 4.69) is 31.2 Å². The second kappa shape index (κ2) is 4.27. The summed E-state index contributed by atoms with van der Waals surface area (Å²) in [7, 11) is 0. The fourth-order valence-electron chi connectivity index (χ4n) is 1.13. The topological polar surface area (TPSA) is 63.8 Å². The zero-order valence-corrected chi connectivity index (χ0v) is 9.40. The Morgan fingerprint density at radius 3 is 2.67 bits per heavy atom. The van der Waals surface area contributed by atoms with E-state index in [1.807, 2.05) is 30.3 Å². The number of rotatable bonds is 2. The molecule has 3 N–H and O–H groups in total. The molecule has 0 saturated carbocycles. The van der Waals surface area contributed by atoms with Crippen LogP contribution in [0.25, 0.3) is 0 Å². The fraction of sp³-hybridized carbons (Fsp3) is 0. The van der Waals surface area contributed by atoms with Gasteiger partial charge in [0, 0.05) is 5.69 Å². The highest BCUT2D eigenvalue weighted by atomic mass is 79.9. The van der Waals surface area contributed by atoms with Gasteiger partial charge in [0.25, 0.3) is 0 Å².